The molecule has 1 aromatic heterocycles. The normalized spacial score (nSPS) is 25.8. The van der Waals surface area contributed by atoms with Crippen LogP contribution in [0.3, 0.4) is 0 Å². The van der Waals surface area contributed by atoms with Crippen molar-refractivity contribution in [2.24, 2.45) is 11.8 Å². The minimum absolute atomic E-state index is 0.618. The minimum atomic E-state index is 0.618. The molecule has 0 saturated carbocycles. The second kappa shape index (κ2) is 4.50. The molecule has 3 nitrogen and oxygen atoms in total. The molecule has 0 bridgehead atoms. The molecule has 0 aromatic carbocycles. The number of hydrogen-bond donors (Lipinski definition) is 1. The molecule has 1 saturated heterocycles. The summed E-state index contributed by atoms with van der Waals surface area (Å²) in [6, 6.07) is 1.77. The van der Waals surface area contributed by atoms with Gasteiger partial charge in [-0.1, -0.05) is 25.4 Å². The van der Waals surface area contributed by atoms with E-state index in [0.717, 1.165) is 24.8 Å². The Morgan fingerprint density at radius 2 is 2.19 bits per heavy atom. The van der Waals surface area contributed by atoms with E-state index in [1.165, 1.54) is 6.42 Å². The van der Waals surface area contributed by atoms with Crippen LogP contribution >= 0.6 is 11.6 Å². The van der Waals surface area contributed by atoms with Crippen molar-refractivity contribution in [2.75, 3.05) is 23.7 Å². The Morgan fingerprint density at radius 1 is 1.44 bits per heavy atom. The number of rotatable bonds is 1. The van der Waals surface area contributed by atoms with Crippen molar-refractivity contribution < 1.29 is 0 Å². The fourth-order valence-corrected chi connectivity index (χ4v) is 2.43. The lowest BCUT2D eigenvalue weighted by Crippen LogP contribution is -2.39. The Bertz CT molecular complexity index is 381. The van der Waals surface area contributed by atoms with E-state index >= 15 is 0 Å². The van der Waals surface area contributed by atoms with Gasteiger partial charge >= 0.3 is 0 Å². The van der Waals surface area contributed by atoms with Crippen molar-refractivity contribution in [3.63, 3.8) is 0 Å². The highest BCUT2D eigenvalue weighted by molar-refractivity contribution is 6.33. The van der Waals surface area contributed by atoms with E-state index in [-0.39, 0.29) is 0 Å². The molecule has 2 rings (SSSR count). The zero-order valence-electron chi connectivity index (χ0n) is 9.78. The van der Waals surface area contributed by atoms with Crippen molar-refractivity contribution in [1.82, 2.24) is 4.98 Å². The van der Waals surface area contributed by atoms with Gasteiger partial charge in [0.15, 0.2) is 0 Å². The van der Waals surface area contributed by atoms with Crippen molar-refractivity contribution in [3.8, 4) is 0 Å². The minimum Gasteiger partial charge on any atom is -0.397 e. The van der Waals surface area contributed by atoms with Crippen molar-refractivity contribution >= 4 is 23.1 Å². The van der Waals surface area contributed by atoms with Crippen molar-refractivity contribution in [3.05, 3.63) is 17.3 Å². The maximum atomic E-state index is 6.16. The number of nitrogens with zero attached hydrogens (tertiary/aromatic N) is 2. The van der Waals surface area contributed by atoms with Gasteiger partial charge in [0.05, 0.1) is 16.9 Å². The Kier molecular flexibility index (Phi) is 3.24. The molecule has 2 atom stereocenters. The third-order valence-corrected chi connectivity index (χ3v) is 3.75. The van der Waals surface area contributed by atoms with E-state index < -0.39 is 0 Å². The van der Waals surface area contributed by atoms with E-state index in [1.54, 1.807) is 12.3 Å². The number of halogens is 1. The summed E-state index contributed by atoms with van der Waals surface area (Å²) >= 11 is 6.16. The monoisotopic (exact) mass is 239 g/mol. The van der Waals surface area contributed by atoms with Gasteiger partial charge in [-0.3, -0.25) is 0 Å². The van der Waals surface area contributed by atoms with E-state index in [4.69, 9.17) is 17.3 Å². The summed E-state index contributed by atoms with van der Waals surface area (Å²) in [7, 11) is 0. The lowest BCUT2D eigenvalue weighted by atomic mass is 9.89. The molecule has 4 heteroatoms. The Labute approximate surface area is 102 Å². The third kappa shape index (κ3) is 2.24. The van der Waals surface area contributed by atoms with Crippen LogP contribution in [0.15, 0.2) is 12.3 Å². The Hall–Kier alpha value is -0.960. The summed E-state index contributed by atoms with van der Waals surface area (Å²) in [5, 5.41) is 0.654. The van der Waals surface area contributed by atoms with E-state index in [2.05, 4.69) is 23.7 Å². The topological polar surface area (TPSA) is 42.2 Å². The first kappa shape index (κ1) is 11.5. The van der Waals surface area contributed by atoms with Crippen molar-refractivity contribution in [1.29, 1.82) is 0 Å². The number of hydrogen-bond acceptors (Lipinski definition) is 3. The van der Waals surface area contributed by atoms with Gasteiger partial charge in [-0.25, -0.2) is 4.98 Å². The lowest BCUT2D eigenvalue weighted by Gasteiger charge is -2.36. The maximum Gasteiger partial charge on any atom is 0.147 e. The highest BCUT2D eigenvalue weighted by Gasteiger charge is 2.24. The van der Waals surface area contributed by atoms with Gasteiger partial charge in [0.2, 0.25) is 0 Å². The molecule has 2 N–H and O–H groups in total. The van der Waals surface area contributed by atoms with Gasteiger partial charge < -0.3 is 10.6 Å². The summed E-state index contributed by atoms with van der Waals surface area (Å²) < 4.78 is 0. The number of piperidine rings is 1. The summed E-state index contributed by atoms with van der Waals surface area (Å²) in [5.74, 6) is 2.34. The van der Waals surface area contributed by atoms with Crippen molar-refractivity contribution in [2.45, 2.75) is 20.3 Å². The second-order valence-electron chi connectivity index (χ2n) is 4.76. The predicted molar refractivity (Wildman–Crippen MR) is 68.8 cm³/mol. The molecular weight excluding hydrogens is 222 g/mol. The number of anilines is 2. The third-order valence-electron chi connectivity index (χ3n) is 3.48. The van der Waals surface area contributed by atoms with E-state index in [0.29, 0.717) is 16.6 Å². The maximum absolute atomic E-state index is 6.16. The molecule has 0 spiro atoms. The van der Waals surface area contributed by atoms with E-state index in [1.807, 2.05) is 0 Å². The molecule has 2 heterocycles. The van der Waals surface area contributed by atoms with Gasteiger partial charge in [-0.15, -0.1) is 0 Å². The van der Waals surface area contributed by atoms with Crippen LogP contribution in [-0.2, 0) is 0 Å². The van der Waals surface area contributed by atoms with Crippen LogP contribution in [0.25, 0.3) is 0 Å². The van der Waals surface area contributed by atoms with Crippen LogP contribution < -0.4 is 10.6 Å². The highest BCUT2D eigenvalue weighted by Crippen LogP contribution is 2.30. The van der Waals surface area contributed by atoms with Gasteiger partial charge in [-0.05, 0) is 24.3 Å². The summed E-state index contributed by atoms with van der Waals surface area (Å²) in [5.41, 5.74) is 6.26. The molecule has 0 aliphatic carbocycles. The number of nitrogen functional groups attached to an aromatic ring is 1. The summed E-state index contributed by atoms with van der Waals surface area (Å²) in [6.07, 6.45) is 2.87. The van der Waals surface area contributed by atoms with Gasteiger partial charge in [0.1, 0.15) is 5.82 Å². The smallest absolute Gasteiger partial charge is 0.147 e. The predicted octanol–water partition coefficient (Wildman–Crippen LogP) is 2.80. The van der Waals surface area contributed by atoms with E-state index in [9.17, 15) is 0 Å². The lowest BCUT2D eigenvalue weighted by molar-refractivity contribution is 0.323. The number of pyridine rings is 1. The largest absolute Gasteiger partial charge is 0.397 e. The Balaban J connectivity index is 2.18. The molecule has 0 radical (unpaired) electrons. The molecule has 1 aromatic rings. The summed E-state index contributed by atoms with van der Waals surface area (Å²) in [6.45, 7) is 6.64. The Morgan fingerprint density at radius 3 is 2.81 bits per heavy atom. The molecule has 0 amide bonds. The first-order valence-electron chi connectivity index (χ1n) is 5.74. The van der Waals surface area contributed by atoms with Crippen LogP contribution in [0.4, 0.5) is 11.5 Å². The zero-order chi connectivity index (χ0) is 11.7. The quantitative estimate of drug-likeness (QED) is 0.820. The second-order valence-corrected chi connectivity index (χ2v) is 5.17. The standard InChI is InChI=1S/C12H18ClN3/c1-8-3-4-16(7-9(8)2)12-11(13)5-10(14)6-15-12/h5-6,8-9H,3-4,7,14H2,1-2H3. The highest BCUT2D eigenvalue weighted by atomic mass is 35.5. The van der Waals surface area contributed by atoms with Crippen LogP contribution in [0.2, 0.25) is 5.02 Å². The van der Waals surface area contributed by atoms with Crippen LogP contribution in [0, 0.1) is 11.8 Å². The van der Waals surface area contributed by atoms with Crippen LogP contribution in [0.1, 0.15) is 20.3 Å². The van der Waals surface area contributed by atoms with Gasteiger partial charge in [-0.2, -0.15) is 0 Å². The average Bonchev–Trinajstić information content (AvgIpc) is 2.22. The zero-order valence-corrected chi connectivity index (χ0v) is 10.5. The molecule has 16 heavy (non-hydrogen) atoms. The van der Waals surface area contributed by atoms with Gasteiger partial charge in [0, 0.05) is 13.1 Å². The molecule has 2 unspecified atom stereocenters. The summed E-state index contributed by atoms with van der Waals surface area (Å²) in [4.78, 5) is 6.59. The first-order chi connectivity index (χ1) is 7.58. The molecular formula is C12H18ClN3. The van der Waals surface area contributed by atoms with Crippen LogP contribution in [-0.4, -0.2) is 18.1 Å². The first-order valence-corrected chi connectivity index (χ1v) is 6.11. The molecule has 1 aliphatic heterocycles. The molecule has 1 aliphatic rings. The average molecular weight is 240 g/mol. The SMILES string of the molecule is CC1CCN(c2ncc(N)cc2Cl)CC1C. The molecule has 1 fully saturated rings. The van der Waals surface area contributed by atoms with Crippen LogP contribution in [0.5, 0.6) is 0 Å². The fraction of sp³-hybridized carbons (Fsp3) is 0.583. The van der Waals surface area contributed by atoms with Gasteiger partial charge in [0.25, 0.3) is 0 Å². The number of aromatic nitrogens is 1. The molecule has 88 valence electrons. The fourth-order valence-electron chi connectivity index (χ4n) is 2.13. The number of nitrogens with two attached hydrogens (primary N) is 1.